The van der Waals surface area contributed by atoms with Gasteiger partial charge in [-0.3, -0.25) is 19.7 Å². The van der Waals surface area contributed by atoms with Crippen LogP contribution in [-0.2, 0) is 4.84 Å². The fourth-order valence-corrected chi connectivity index (χ4v) is 1.38. The average Bonchev–Trinajstić information content (AvgIpc) is 2.24. The number of amides is 1. The fourth-order valence-electron chi connectivity index (χ4n) is 1.14. The number of carbonyl (C=O) groups is 1. The third-order valence-electron chi connectivity index (χ3n) is 1.86. The Balaban J connectivity index is 3.00. The van der Waals surface area contributed by atoms with E-state index in [0.29, 0.717) is 0 Å². The lowest BCUT2D eigenvalue weighted by atomic mass is 10.1. The predicted molar refractivity (Wildman–Crippen MR) is 66.4 cm³/mol. The number of nitro benzene ring substituents is 1. The van der Waals surface area contributed by atoms with E-state index in [2.05, 4.69) is 5.48 Å². The van der Waals surface area contributed by atoms with Crippen molar-refractivity contribution in [3.8, 4) is 0 Å². The van der Waals surface area contributed by atoms with Crippen LogP contribution in [0.2, 0.25) is 5.02 Å². The lowest BCUT2D eigenvalue weighted by molar-refractivity contribution is -0.385. The number of rotatable bonds is 3. The van der Waals surface area contributed by atoms with E-state index in [-0.39, 0.29) is 10.6 Å². The molecule has 1 amide bonds. The first-order chi connectivity index (χ1) is 8.22. The molecule has 0 heterocycles. The number of carbonyl (C=O) groups excluding carboxylic acids is 1. The summed E-state index contributed by atoms with van der Waals surface area (Å²) in [5, 5.41) is 10.8. The van der Waals surface area contributed by atoms with E-state index in [4.69, 9.17) is 16.4 Å². The van der Waals surface area contributed by atoms with Crippen LogP contribution in [-0.4, -0.2) is 16.4 Å². The van der Waals surface area contributed by atoms with E-state index in [1.807, 2.05) is 0 Å². The summed E-state index contributed by atoms with van der Waals surface area (Å²) in [6.07, 6.45) is 0. The van der Waals surface area contributed by atoms with E-state index in [0.717, 1.165) is 0 Å². The maximum atomic E-state index is 11.8. The fraction of sp³-hybridized carbons (Fsp3) is 0.364. The second-order valence-corrected chi connectivity index (χ2v) is 4.95. The number of nitrogens with zero attached hydrogens (tertiary/aromatic N) is 1. The van der Waals surface area contributed by atoms with Crippen molar-refractivity contribution in [2.24, 2.45) is 0 Å². The summed E-state index contributed by atoms with van der Waals surface area (Å²) < 4.78 is 0. The van der Waals surface area contributed by atoms with Gasteiger partial charge in [-0.25, -0.2) is 5.48 Å². The van der Waals surface area contributed by atoms with Crippen molar-refractivity contribution in [3.63, 3.8) is 0 Å². The van der Waals surface area contributed by atoms with Crippen molar-refractivity contribution in [2.45, 2.75) is 26.4 Å². The summed E-state index contributed by atoms with van der Waals surface area (Å²) in [6.45, 7) is 5.21. The molecule has 1 aromatic rings. The number of hydrogen-bond acceptors (Lipinski definition) is 4. The Hall–Kier alpha value is -1.66. The van der Waals surface area contributed by atoms with Crippen molar-refractivity contribution in [2.75, 3.05) is 0 Å². The van der Waals surface area contributed by atoms with Gasteiger partial charge in [0.15, 0.2) is 0 Å². The topological polar surface area (TPSA) is 81.5 Å². The molecule has 0 aliphatic rings. The van der Waals surface area contributed by atoms with Gasteiger partial charge in [0.25, 0.3) is 5.91 Å². The van der Waals surface area contributed by atoms with Gasteiger partial charge in [0.1, 0.15) is 10.6 Å². The maximum absolute atomic E-state index is 11.8. The van der Waals surface area contributed by atoms with Crippen LogP contribution in [0.1, 0.15) is 31.1 Å². The van der Waals surface area contributed by atoms with Crippen molar-refractivity contribution in [1.29, 1.82) is 0 Å². The number of nitrogens with one attached hydrogen (secondary N) is 1. The normalized spacial score (nSPS) is 11.1. The van der Waals surface area contributed by atoms with E-state index < -0.39 is 22.1 Å². The molecule has 0 unspecified atom stereocenters. The highest BCUT2D eigenvalue weighted by molar-refractivity contribution is 6.33. The molecule has 1 N–H and O–H groups in total. The smallest absolute Gasteiger partial charge is 0.268 e. The largest absolute Gasteiger partial charge is 0.300 e. The molecule has 0 aliphatic carbocycles. The van der Waals surface area contributed by atoms with Gasteiger partial charge in [0.2, 0.25) is 0 Å². The minimum Gasteiger partial charge on any atom is -0.268 e. The van der Waals surface area contributed by atoms with Crippen LogP contribution in [0, 0.1) is 10.1 Å². The van der Waals surface area contributed by atoms with Gasteiger partial charge < -0.3 is 0 Å². The van der Waals surface area contributed by atoms with Crippen molar-refractivity contribution < 1.29 is 14.6 Å². The quantitative estimate of drug-likeness (QED) is 0.677. The van der Waals surface area contributed by atoms with Crippen molar-refractivity contribution in [1.82, 2.24) is 5.48 Å². The lowest BCUT2D eigenvalue weighted by Crippen LogP contribution is -2.33. The molecule has 7 heteroatoms. The molecule has 0 saturated heterocycles. The summed E-state index contributed by atoms with van der Waals surface area (Å²) >= 11 is 5.70. The zero-order chi connectivity index (χ0) is 13.9. The van der Waals surface area contributed by atoms with E-state index in [1.54, 1.807) is 20.8 Å². The van der Waals surface area contributed by atoms with Gasteiger partial charge in [0, 0.05) is 0 Å². The third-order valence-corrected chi connectivity index (χ3v) is 2.17. The Morgan fingerprint density at radius 2 is 2.06 bits per heavy atom. The molecule has 0 saturated carbocycles. The monoisotopic (exact) mass is 272 g/mol. The first-order valence-electron chi connectivity index (χ1n) is 5.13. The predicted octanol–water partition coefficient (Wildman–Crippen LogP) is 2.71. The summed E-state index contributed by atoms with van der Waals surface area (Å²) in [4.78, 5) is 27.0. The minimum absolute atomic E-state index is 0.0941. The Morgan fingerprint density at radius 1 is 1.44 bits per heavy atom. The average molecular weight is 273 g/mol. The Morgan fingerprint density at radius 3 is 2.56 bits per heavy atom. The molecule has 0 spiro atoms. The second-order valence-electron chi connectivity index (χ2n) is 4.54. The molecule has 0 radical (unpaired) electrons. The van der Waals surface area contributed by atoms with E-state index in [1.165, 1.54) is 18.2 Å². The zero-order valence-corrected chi connectivity index (χ0v) is 10.9. The standard InChI is InChI=1S/C11H13ClN2O4/c1-11(2,3)18-13-10(15)7-5-4-6-8(12)9(7)14(16)17/h4-6H,1-3H3,(H,13,15). The van der Waals surface area contributed by atoms with Crippen LogP contribution in [0.25, 0.3) is 0 Å². The summed E-state index contributed by atoms with van der Waals surface area (Å²) in [5.74, 6) is -0.709. The highest BCUT2D eigenvalue weighted by atomic mass is 35.5. The molecule has 6 nitrogen and oxygen atoms in total. The van der Waals surface area contributed by atoms with Crippen LogP contribution in [0.3, 0.4) is 0 Å². The SMILES string of the molecule is CC(C)(C)ONC(=O)c1cccc(Cl)c1[N+](=O)[O-]. The molecular weight excluding hydrogens is 260 g/mol. The molecular formula is C11H13ClN2O4. The van der Waals surface area contributed by atoms with E-state index >= 15 is 0 Å². The van der Waals surface area contributed by atoms with Crippen molar-refractivity contribution >= 4 is 23.2 Å². The number of hydrogen-bond donors (Lipinski definition) is 1. The van der Waals surface area contributed by atoms with Gasteiger partial charge in [-0.05, 0) is 32.9 Å². The van der Waals surface area contributed by atoms with Crippen molar-refractivity contribution in [3.05, 3.63) is 38.9 Å². The Labute approximate surface area is 109 Å². The van der Waals surface area contributed by atoms with Crippen LogP contribution in [0.5, 0.6) is 0 Å². The van der Waals surface area contributed by atoms with Crippen LogP contribution >= 0.6 is 11.6 Å². The number of nitro groups is 1. The number of halogens is 1. The zero-order valence-electron chi connectivity index (χ0n) is 10.2. The minimum atomic E-state index is -0.709. The van der Waals surface area contributed by atoms with Crippen LogP contribution < -0.4 is 5.48 Å². The molecule has 18 heavy (non-hydrogen) atoms. The summed E-state index contributed by atoms with van der Waals surface area (Å²) in [5.41, 5.74) is 0.987. The Kier molecular flexibility index (Phi) is 4.26. The number of hydroxylamine groups is 1. The highest BCUT2D eigenvalue weighted by Gasteiger charge is 2.24. The van der Waals surface area contributed by atoms with Crippen LogP contribution in [0.15, 0.2) is 18.2 Å². The van der Waals surface area contributed by atoms with E-state index in [9.17, 15) is 14.9 Å². The summed E-state index contributed by atoms with van der Waals surface area (Å²) in [7, 11) is 0. The number of benzene rings is 1. The Bertz CT molecular complexity index is 482. The third kappa shape index (κ3) is 3.68. The maximum Gasteiger partial charge on any atom is 0.300 e. The lowest BCUT2D eigenvalue weighted by Gasteiger charge is -2.18. The van der Waals surface area contributed by atoms with Gasteiger partial charge in [-0.2, -0.15) is 0 Å². The molecule has 0 aromatic heterocycles. The van der Waals surface area contributed by atoms with Gasteiger partial charge in [-0.15, -0.1) is 0 Å². The number of para-hydroxylation sites is 1. The van der Waals surface area contributed by atoms with Gasteiger partial charge in [-0.1, -0.05) is 17.7 Å². The first kappa shape index (κ1) is 14.4. The molecule has 98 valence electrons. The molecule has 1 aromatic carbocycles. The highest BCUT2D eigenvalue weighted by Crippen LogP contribution is 2.28. The molecule has 0 atom stereocenters. The van der Waals surface area contributed by atoms with Gasteiger partial charge in [0.05, 0.1) is 10.5 Å². The van der Waals surface area contributed by atoms with Gasteiger partial charge >= 0.3 is 5.69 Å². The first-order valence-corrected chi connectivity index (χ1v) is 5.51. The molecule has 0 bridgehead atoms. The molecule has 0 aliphatic heterocycles. The molecule has 1 rings (SSSR count). The second kappa shape index (κ2) is 5.32. The van der Waals surface area contributed by atoms with Crippen LogP contribution in [0.4, 0.5) is 5.69 Å². The summed E-state index contributed by atoms with van der Waals surface area (Å²) in [6, 6.07) is 4.12. The molecule has 0 fully saturated rings.